The molecule has 1 aliphatic heterocycles. The van der Waals surface area contributed by atoms with E-state index < -0.39 is 0 Å². The maximum absolute atomic E-state index is 12.8. The fourth-order valence-corrected chi connectivity index (χ4v) is 4.59. The van der Waals surface area contributed by atoms with E-state index in [1.54, 1.807) is 11.8 Å². The Bertz CT molecular complexity index is 598. The van der Waals surface area contributed by atoms with Crippen LogP contribution in [0.25, 0.3) is 0 Å². The molecule has 1 aromatic rings. The van der Waals surface area contributed by atoms with Gasteiger partial charge in [-0.15, -0.1) is 0 Å². The molecular formula is C18H30N4O2. The number of carbonyl (C=O) groups excluding carboxylic acids is 1. The first-order chi connectivity index (χ1) is 11.6. The van der Waals surface area contributed by atoms with Crippen LogP contribution in [0.1, 0.15) is 50.8 Å². The lowest BCUT2D eigenvalue weighted by Gasteiger charge is -2.32. The normalized spacial score (nSPS) is 26.3. The van der Waals surface area contributed by atoms with Crippen LogP contribution in [0.4, 0.5) is 4.79 Å². The number of amides is 2. The van der Waals surface area contributed by atoms with Gasteiger partial charge in [0.25, 0.3) is 0 Å². The first-order valence-corrected chi connectivity index (χ1v) is 9.20. The molecule has 0 unspecified atom stereocenters. The van der Waals surface area contributed by atoms with E-state index in [0.29, 0.717) is 24.4 Å². The second kappa shape index (κ2) is 7.03. The van der Waals surface area contributed by atoms with Crippen molar-refractivity contribution in [1.29, 1.82) is 0 Å². The van der Waals surface area contributed by atoms with Crippen LogP contribution in [0.15, 0.2) is 0 Å². The van der Waals surface area contributed by atoms with Gasteiger partial charge in [-0.2, -0.15) is 5.10 Å². The maximum Gasteiger partial charge on any atom is 0.317 e. The molecule has 1 aliphatic carbocycles. The van der Waals surface area contributed by atoms with E-state index in [9.17, 15) is 4.79 Å². The summed E-state index contributed by atoms with van der Waals surface area (Å²) >= 11 is 0. The van der Waals surface area contributed by atoms with Gasteiger partial charge in [-0.1, -0.05) is 26.7 Å². The predicted octanol–water partition coefficient (Wildman–Crippen LogP) is 2.71. The summed E-state index contributed by atoms with van der Waals surface area (Å²) in [7, 11) is 3.52. The average Bonchev–Trinajstić information content (AvgIpc) is 3.09. The topological polar surface area (TPSA) is 59.4 Å². The van der Waals surface area contributed by atoms with E-state index in [1.807, 2.05) is 7.05 Å². The highest BCUT2D eigenvalue weighted by Gasteiger charge is 2.42. The molecule has 1 aromatic heterocycles. The number of nitrogens with one attached hydrogen (secondary N) is 1. The van der Waals surface area contributed by atoms with E-state index in [1.165, 1.54) is 19.3 Å². The smallest absolute Gasteiger partial charge is 0.317 e. The number of nitrogens with zero attached hydrogens (tertiary/aromatic N) is 3. The van der Waals surface area contributed by atoms with E-state index >= 15 is 0 Å². The van der Waals surface area contributed by atoms with Crippen molar-refractivity contribution in [2.24, 2.45) is 18.9 Å². The summed E-state index contributed by atoms with van der Waals surface area (Å²) in [5.41, 5.74) is 1.98. The van der Waals surface area contributed by atoms with Gasteiger partial charge in [0.05, 0.1) is 24.9 Å². The van der Waals surface area contributed by atoms with E-state index in [4.69, 9.17) is 4.74 Å². The van der Waals surface area contributed by atoms with E-state index in [2.05, 4.69) is 29.2 Å². The van der Waals surface area contributed by atoms with Crippen molar-refractivity contribution in [3.05, 3.63) is 11.3 Å². The van der Waals surface area contributed by atoms with Gasteiger partial charge in [0.1, 0.15) is 0 Å². The molecule has 1 N–H and O–H groups in total. The van der Waals surface area contributed by atoms with Gasteiger partial charge < -0.3 is 15.0 Å². The monoisotopic (exact) mass is 334 g/mol. The molecule has 3 rings (SSSR count). The predicted molar refractivity (Wildman–Crippen MR) is 93.0 cm³/mol. The van der Waals surface area contributed by atoms with E-state index in [0.717, 1.165) is 36.5 Å². The quantitative estimate of drug-likeness (QED) is 0.921. The number of ether oxygens (including phenoxy) is 1. The zero-order valence-electron chi connectivity index (χ0n) is 15.3. The molecule has 0 aromatic carbocycles. The number of methoxy groups -OCH3 is 1. The Hall–Kier alpha value is -1.72. The van der Waals surface area contributed by atoms with Crippen LogP contribution in [-0.4, -0.2) is 40.4 Å². The lowest BCUT2D eigenvalue weighted by molar-refractivity contribution is 0.168. The van der Waals surface area contributed by atoms with Gasteiger partial charge in [0.15, 0.2) is 0 Å². The molecule has 2 amide bonds. The number of rotatable bonds is 4. The SMILES string of the molecule is CCc1nn(C)c(OC)c1CNC(=O)N1C[C@H](C)[C@H]2CCCC[C@H]21. The van der Waals surface area contributed by atoms with Crippen LogP contribution >= 0.6 is 0 Å². The molecule has 0 bridgehead atoms. The molecule has 24 heavy (non-hydrogen) atoms. The third-order valence-corrected chi connectivity index (χ3v) is 5.77. The zero-order chi connectivity index (χ0) is 17.3. The summed E-state index contributed by atoms with van der Waals surface area (Å²) in [6, 6.07) is 0.486. The molecule has 2 fully saturated rings. The summed E-state index contributed by atoms with van der Waals surface area (Å²) in [6.07, 6.45) is 5.81. The van der Waals surface area contributed by atoms with Gasteiger partial charge in [0, 0.05) is 19.6 Å². The number of fused-ring (bicyclic) bond motifs is 1. The third kappa shape index (κ3) is 2.98. The van der Waals surface area contributed by atoms with Gasteiger partial charge >= 0.3 is 6.03 Å². The van der Waals surface area contributed by atoms with Gasteiger partial charge in [-0.3, -0.25) is 0 Å². The second-order valence-electron chi connectivity index (χ2n) is 7.22. The third-order valence-electron chi connectivity index (χ3n) is 5.77. The molecule has 6 heteroatoms. The van der Waals surface area contributed by atoms with Crippen molar-refractivity contribution in [2.75, 3.05) is 13.7 Å². The number of aromatic nitrogens is 2. The van der Waals surface area contributed by atoms with Crippen molar-refractivity contribution in [3.8, 4) is 5.88 Å². The van der Waals surface area contributed by atoms with Crippen LogP contribution in [0.3, 0.4) is 0 Å². The van der Waals surface area contributed by atoms with Crippen molar-refractivity contribution < 1.29 is 9.53 Å². The lowest BCUT2D eigenvalue weighted by Crippen LogP contribution is -2.44. The van der Waals surface area contributed by atoms with Crippen LogP contribution in [0, 0.1) is 11.8 Å². The van der Waals surface area contributed by atoms with Gasteiger partial charge in [-0.05, 0) is 31.1 Å². The molecule has 3 atom stereocenters. The molecule has 6 nitrogen and oxygen atoms in total. The van der Waals surface area contributed by atoms with Crippen LogP contribution in [0.5, 0.6) is 5.88 Å². The largest absolute Gasteiger partial charge is 0.481 e. The molecule has 1 saturated carbocycles. The van der Waals surface area contributed by atoms with Crippen LogP contribution in [-0.2, 0) is 20.0 Å². The standard InChI is InChI=1S/C18H30N4O2/c1-5-15-14(17(24-4)21(3)20-15)10-19-18(23)22-11-12(2)13-8-6-7-9-16(13)22/h12-13,16H,5-11H2,1-4H3,(H,19,23)/t12-,13+,16+/m0/s1. The fourth-order valence-electron chi connectivity index (χ4n) is 4.59. The zero-order valence-corrected chi connectivity index (χ0v) is 15.3. The van der Waals surface area contributed by atoms with Crippen LogP contribution < -0.4 is 10.1 Å². The van der Waals surface area contributed by atoms with Crippen molar-refractivity contribution in [3.63, 3.8) is 0 Å². The highest BCUT2D eigenvalue weighted by Crippen LogP contribution is 2.39. The van der Waals surface area contributed by atoms with Crippen molar-refractivity contribution in [1.82, 2.24) is 20.0 Å². The number of likely N-dealkylation sites (tertiary alicyclic amines) is 1. The average molecular weight is 334 g/mol. The summed E-state index contributed by atoms with van der Waals surface area (Å²) < 4.78 is 7.20. The Morgan fingerprint density at radius 3 is 2.83 bits per heavy atom. The Morgan fingerprint density at radius 1 is 1.38 bits per heavy atom. The maximum atomic E-state index is 12.8. The van der Waals surface area contributed by atoms with Crippen molar-refractivity contribution in [2.45, 2.75) is 58.5 Å². The summed E-state index contributed by atoms with van der Waals surface area (Å²) in [5, 5.41) is 7.59. The molecule has 1 saturated heterocycles. The van der Waals surface area contributed by atoms with Crippen LogP contribution in [0.2, 0.25) is 0 Å². The number of hydrogen-bond donors (Lipinski definition) is 1. The number of aryl methyl sites for hydroxylation is 2. The highest BCUT2D eigenvalue weighted by molar-refractivity contribution is 5.75. The van der Waals surface area contributed by atoms with Gasteiger partial charge in [-0.25, -0.2) is 9.48 Å². The van der Waals surface area contributed by atoms with E-state index in [-0.39, 0.29) is 6.03 Å². The molecule has 134 valence electrons. The molecule has 2 heterocycles. The Morgan fingerprint density at radius 2 is 2.12 bits per heavy atom. The first kappa shape index (κ1) is 17.1. The van der Waals surface area contributed by atoms with Gasteiger partial charge in [0.2, 0.25) is 5.88 Å². The fraction of sp³-hybridized carbons (Fsp3) is 0.778. The minimum absolute atomic E-state index is 0.0595. The Kier molecular flexibility index (Phi) is 5.01. The van der Waals surface area contributed by atoms with Crippen molar-refractivity contribution >= 4 is 6.03 Å². The first-order valence-electron chi connectivity index (χ1n) is 9.20. The Labute approximate surface area is 144 Å². The number of carbonyl (C=O) groups is 1. The highest BCUT2D eigenvalue weighted by atomic mass is 16.5. The second-order valence-corrected chi connectivity index (χ2v) is 7.22. The lowest BCUT2D eigenvalue weighted by atomic mass is 9.80. The summed E-state index contributed by atoms with van der Waals surface area (Å²) in [5.74, 6) is 2.03. The summed E-state index contributed by atoms with van der Waals surface area (Å²) in [4.78, 5) is 14.8. The molecular weight excluding hydrogens is 304 g/mol. The minimum atomic E-state index is 0.0595. The number of urea groups is 1. The molecule has 2 aliphatic rings. The molecule has 0 spiro atoms. The minimum Gasteiger partial charge on any atom is -0.481 e. The summed E-state index contributed by atoms with van der Waals surface area (Å²) in [6.45, 7) is 5.71. The Balaban J connectivity index is 1.68. The number of hydrogen-bond acceptors (Lipinski definition) is 3. The molecule has 0 radical (unpaired) electrons.